The van der Waals surface area contributed by atoms with Gasteiger partial charge in [0.15, 0.2) is 0 Å². The average molecular weight is 478 g/mol. The number of hydrogen-bond donors (Lipinski definition) is 2. The van der Waals surface area contributed by atoms with Gasteiger partial charge in [0.2, 0.25) is 5.91 Å². The quantitative estimate of drug-likeness (QED) is 0.257. The van der Waals surface area contributed by atoms with E-state index in [0.717, 1.165) is 28.0 Å². The molecule has 36 heavy (non-hydrogen) atoms. The summed E-state index contributed by atoms with van der Waals surface area (Å²) in [5.74, 6) is -0.430. The van der Waals surface area contributed by atoms with Crippen LogP contribution in [0.2, 0.25) is 0 Å². The summed E-state index contributed by atoms with van der Waals surface area (Å²) in [4.78, 5) is 25.2. The van der Waals surface area contributed by atoms with Gasteiger partial charge in [-0.05, 0) is 46.5 Å². The van der Waals surface area contributed by atoms with Gasteiger partial charge in [-0.2, -0.15) is 5.10 Å². The number of benzene rings is 4. The lowest BCUT2D eigenvalue weighted by molar-refractivity contribution is -0.126. The Morgan fingerprint density at radius 2 is 1.31 bits per heavy atom. The molecule has 2 amide bonds. The van der Waals surface area contributed by atoms with Crippen LogP contribution in [0.4, 0.5) is 0 Å². The summed E-state index contributed by atoms with van der Waals surface area (Å²) in [7, 11) is 0. The van der Waals surface area contributed by atoms with Crippen LogP contribution in [-0.2, 0) is 16.2 Å². The lowest BCUT2D eigenvalue weighted by Gasteiger charge is -2.17. The van der Waals surface area contributed by atoms with Gasteiger partial charge in [-0.3, -0.25) is 9.59 Å². The molecule has 6 nitrogen and oxygen atoms in total. The molecule has 0 fully saturated rings. The first-order chi connectivity index (χ1) is 17.7. The summed E-state index contributed by atoms with van der Waals surface area (Å²) in [6.45, 7) is 0.310. The highest BCUT2D eigenvalue weighted by molar-refractivity contribution is 5.91. The van der Waals surface area contributed by atoms with Crippen molar-refractivity contribution in [3.8, 4) is 5.75 Å². The first kappa shape index (κ1) is 24.4. The second kappa shape index (κ2) is 12.7. The van der Waals surface area contributed by atoms with Crippen LogP contribution in [0.3, 0.4) is 0 Å². The zero-order chi connectivity index (χ0) is 25.0. The number of ether oxygens (including phenoxy) is 1. The molecule has 2 N–H and O–H groups in total. The number of nitrogens with zero attached hydrogens (tertiary/aromatic N) is 1. The molecule has 0 spiro atoms. The number of carbonyl (C=O) groups excluding carboxylic acids is 2. The van der Waals surface area contributed by atoms with Crippen molar-refractivity contribution in [2.24, 2.45) is 5.10 Å². The molecular formula is C30H27N3O3. The van der Waals surface area contributed by atoms with Crippen molar-refractivity contribution >= 4 is 18.0 Å². The van der Waals surface area contributed by atoms with Crippen molar-refractivity contribution in [3.05, 3.63) is 138 Å². The van der Waals surface area contributed by atoms with Gasteiger partial charge in [-0.15, -0.1) is 0 Å². The fourth-order valence-corrected chi connectivity index (χ4v) is 3.66. The van der Waals surface area contributed by atoms with Gasteiger partial charge < -0.3 is 10.1 Å². The third kappa shape index (κ3) is 7.14. The third-order valence-corrected chi connectivity index (χ3v) is 5.48. The zero-order valence-electron chi connectivity index (χ0n) is 19.7. The van der Waals surface area contributed by atoms with Crippen LogP contribution in [0, 0.1) is 0 Å². The zero-order valence-corrected chi connectivity index (χ0v) is 19.7. The van der Waals surface area contributed by atoms with Gasteiger partial charge in [0.1, 0.15) is 12.4 Å². The van der Waals surface area contributed by atoms with Crippen molar-refractivity contribution in [1.29, 1.82) is 0 Å². The summed E-state index contributed by atoms with van der Waals surface area (Å²) >= 11 is 0. The van der Waals surface area contributed by atoms with Crippen LogP contribution in [0.1, 0.15) is 28.2 Å². The van der Waals surface area contributed by atoms with Gasteiger partial charge in [0.05, 0.1) is 18.7 Å². The molecule has 0 aliphatic rings. The molecular weight excluding hydrogens is 450 g/mol. The maximum atomic E-state index is 13.0. The van der Waals surface area contributed by atoms with Crippen LogP contribution >= 0.6 is 0 Å². The van der Waals surface area contributed by atoms with Crippen LogP contribution in [-0.4, -0.2) is 24.6 Å². The van der Waals surface area contributed by atoms with E-state index >= 15 is 0 Å². The Morgan fingerprint density at radius 1 is 0.750 bits per heavy atom. The monoisotopic (exact) mass is 477 g/mol. The predicted octanol–water partition coefficient (Wildman–Crippen LogP) is 4.66. The molecule has 0 aliphatic heterocycles. The number of hydrogen-bond acceptors (Lipinski definition) is 4. The van der Waals surface area contributed by atoms with E-state index in [9.17, 15) is 9.59 Å². The van der Waals surface area contributed by atoms with Gasteiger partial charge in [0.25, 0.3) is 5.91 Å². The van der Waals surface area contributed by atoms with Crippen molar-refractivity contribution in [3.63, 3.8) is 0 Å². The maximum absolute atomic E-state index is 13.0. The van der Waals surface area contributed by atoms with Crippen LogP contribution in [0.25, 0.3) is 0 Å². The normalized spacial score (nSPS) is 10.8. The fourth-order valence-electron chi connectivity index (χ4n) is 3.66. The van der Waals surface area contributed by atoms with Gasteiger partial charge in [-0.25, -0.2) is 5.43 Å². The average Bonchev–Trinajstić information content (AvgIpc) is 2.93. The molecule has 0 aromatic heterocycles. The number of rotatable bonds is 10. The van der Waals surface area contributed by atoms with E-state index < -0.39 is 11.8 Å². The molecule has 180 valence electrons. The minimum Gasteiger partial charge on any atom is -0.489 e. The van der Waals surface area contributed by atoms with E-state index in [4.69, 9.17) is 4.74 Å². The van der Waals surface area contributed by atoms with E-state index in [0.29, 0.717) is 6.61 Å². The predicted molar refractivity (Wildman–Crippen MR) is 141 cm³/mol. The summed E-state index contributed by atoms with van der Waals surface area (Å²) in [6.07, 6.45) is 1.54. The first-order valence-electron chi connectivity index (χ1n) is 11.7. The smallest absolute Gasteiger partial charge is 0.259 e. The van der Waals surface area contributed by atoms with Crippen molar-refractivity contribution in [1.82, 2.24) is 10.7 Å². The highest BCUT2D eigenvalue weighted by atomic mass is 16.5. The van der Waals surface area contributed by atoms with Crippen molar-refractivity contribution in [2.45, 2.75) is 12.5 Å². The molecule has 0 atom stereocenters. The topological polar surface area (TPSA) is 79.8 Å². The van der Waals surface area contributed by atoms with E-state index in [2.05, 4.69) is 15.8 Å². The second-order valence-electron chi connectivity index (χ2n) is 8.11. The molecule has 0 radical (unpaired) electrons. The Bertz CT molecular complexity index is 1240. The molecule has 0 bridgehead atoms. The Kier molecular flexibility index (Phi) is 8.59. The lowest BCUT2D eigenvalue weighted by Crippen LogP contribution is -2.37. The van der Waals surface area contributed by atoms with Gasteiger partial charge in [-0.1, -0.05) is 91.0 Å². The Balaban J connectivity index is 1.26. The molecule has 0 saturated heterocycles. The van der Waals surface area contributed by atoms with E-state index in [1.54, 1.807) is 0 Å². The largest absolute Gasteiger partial charge is 0.489 e. The van der Waals surface area contributed by atoms with Crippen molar-refractivity contribution in [2.75, 3.05) is 6.54 Å². The molecule has 4 aromatic rings. The van der Waals surface area contributed by atoms with Gasteiger partial charge >= 0.3 is 0 Å². The Labute approximate surface area is 210 Å². The molecule has 0 saturated carbocycles. The number of carbonyl (C=O) groups is 2. The summed E-state index contributed by atoms with van der Waals surface area (Å²) in [5.41, 5.74) is 6.06. The SMILES string of the molecule is O=C(CNC(=O)C(c1ccccc1)c1ccccc1)NN=Cc1ccc(OCc2ccccc2)cc1. The van der Waals surface area contributed by atoms with Crippen molar-refractivity contribution < 1.29 is 14.3 Å². The minimum atomic E-state index is -0.508. The Hall–Kier alpha value is -4.71. The fraction of sp³-hybridized carbons (Fsp3) is 0.100. The first-order valence-corrected chi connectivity index (χ1v) is 11.7. The second-order valence-corrected chi connectivity index (χ2v) is 8.11. The maximum Gasteiger partial charge on any atom is 0.259 e. The van der Waals surface area contributed by atoms with Crippen LogP contribution < -0.4 is 15.5 Å². The standard InChI is InChI=1S/C30H27N3O3/c34-28(21-31-30(35)29(25-12-6-2-7-13-25)26-14-8-3-9-15-26)33-32-20-23-16-18-27(19-17-23)36-22-24-10-4-1-5-11-24/h1-20,29H,21-22H2,(H,31,35)(H,33,34). The number of hydrazone groups is 1. The van der Waals surface area contributed by atoms with Crippen LogP contribution in [0.15, 0.2) is 120 Å². The molecule has 0 unspecified atom stereocenters. The molecule has 4 rings (SSSR count). The van der Waals surface area contributed by atoms with E-state index in [1.807, 2.05) is 115 Å². The number of amides is 2. The molecule has 0 heterocycles. The minimum absolute atomic E-state index is 0.182. The summed E-state index contributed by atoms with van der Waals surface area (Å²) < 4.78 is 5.77. The summed E-state index contributed by atoms with van der Waals surface area (Å²) in [6, 6.07) is 36.3. The summed E-state index contributed by atoms with van der Waals surface area (Å²) in [5, 5.41) is 6.71. The highest BCUT2D eigenvalue weighted by Gasteiger charge is 2.22. The van der Waals surface area contributed by atoms with E-state index in [1.165, 1.54) is 6.21 Å². The molecule has 0 aliphatic carbocycles. The van der Waals surface area contributed by atoms with Crippen LogP contribution in [0.5, 0.6) is 5.75 Å². The Morgan fingerprint density at radius 3 is 1.89 bits per heavy atom. The highest BCUT2D eigenvalue weighted by Crippen LogP contribution is 2.24. The third-order valence-electron chi connectivity index (χ3n) is 5.48. The van der Waals surface area contributed by atoms with Gasteiger partial charge in [0, 0.05) is 0 Å². The van der Waals surface area contributed by atoms with E-state index in [-0.39, 0.29) is 12.5 Å². The lowest BCUT2D eigenvalue weighted by atomic mass is 9.90. The number of nitrogens with one attached hydrogen (secondary N) is 2. The molecule has 4 aromatic carbocycles. The molecule has 6 heteroatoms.